The molecule has 6 nitrogen and oxygen atoms in total. The van der Waals surface area contributed by atoms with Crippen LogP contribution in [0.1, 0.15) is 30.0 Å². The van der Waals surface area contributed by atoms with Gasteiger partial charge < -0.3 is 0 Å². The fourth-order valence-electron chi connectivity index (χ4n) is 2.47. The fraction of sp³-hybridized carbons (Fsp3) is 0.375. The Bertz CT molecular complexity index is 1020. The Balaban J connectivity index is 1.74. The molecule has 0 amide bonds. The lowest BCUT2D eigenvalue weighted by Gasteiger charge is -2.12. The maximum Gasteiger partial charge on any atom is 0.416 e. The van der Waals surface area contributed by atoms with Crippen LogP contribution >= 0.6 is 11.6 Å². The number of sulfonamides is 1. The van der Waals surface area contributed by atoms with Crippen LogP contribution in [0.2, 0.25) is 5.02 Å². The largest absolute Gasteiger partial charge is 0.416 e. The molecule has 3 rings (SSSR count). The second-order valence-corrected chi connectivity index (χ2v) is 8.28. The predicted molar refractivity (Wildman–Crippen MR) is 92.1 cm³/mol. The average molecular weight is 422 g/mol. The SMILES string of the molecule is O=c1ccc(C2CC2)nn1CCNS(=O)(=O)c1cc(C(F)(F)F)ccc1Cl. The zero-order valence-corrected chi connectivity index (χ0v) is 15.4. The molecule has 1 heterocycles. The van der Waals surface area contributed by atoms with Crippen LogP contribution in [-0.4, -0.2) is 24.7 Å². The monoisotopic (exact) mass is 421 g/mol. The van der Waals surface area contributed by atoms with Crippen molar-refractivity contribution in [2.24, 2.45) is 0 Å². The van der Waals surface area contributed by atoms with E-state index in [0.717, 1.165) is 29.3 Å². The lowest BCUT2D eigenvalue weighted by Crippen LogP contribution is -2.32. The predicted octanol–water partition coefficient (Wildman–Crippen LogP) is 2.77. The summed E-state index contributed by atoms with van der Waals surface area (Å²) < 4.78 is 66.4. The number of halogens is 4. The number of nitrogens with zero attached hydrogens (tertiary/aromatic N) is 2. The van der Waals surface area contributed by atoms with E-state index in [9.17, 15) is 26.4 Å². The minimum absolute atomic E-state index is 0.0603. The lowest BCUT2D eigenvalue weighted by atomic mass is 10.2. The van der Waals surface area contributed by atoms with Gasteiger partial charge in [-0.15, -0.1) is 0 Å². The van der Waals surface area contributed by atoms with Crippen LogP contribution in [-0.2, 0) is 22.7 Å². The van der Waals surface area contributed by atoms with Gasteiger partial charge in [-0.25, -0.2) is 17.8 Å². The van der Waals surface area contributed by atoms with Crippen molar-refractivity contribution in [2.45, 2.75) is 36.4 Å². The normalized spacial score (nSPS) is 15.1. The molecule has 0 atom stereocenters. The molecule has 0 spiro atoms. The number of alkyl halides is 3. The molecular formula is C16H15ClF3N3O3S. The molecule has 2 aromatic rings. The van der Waals surface area contributed by atoms with Crippen LogP contribution < -0.4 is 10.3 Å². The molecule has 1 saturated carbocycles. The second-order valence-electron chi connectivity index (χ2n) is 6.13. The molecule has 0 unspecified atom stereocenters. The zero-order valence-electron chi connectivity index (χ0n) is 13.8. The van der Waals surface area contributed by atoms with Crippen molar-refractivity contribution < 1.29 is 21.6 Å². The molecule has 1 aromatic carbocycles. The molecule has 146 valence electrons. The zero-order chi connectivity index (χ0) is 19.8. The molecule has 0 radical (unpaired) electrons. The molecule has 1 N–H and O–H groups in total. The van der Waals surface area contributed by atoms with Crippen molar-refractivity contribution in [2.75, 3.05) is 6.54 Å². The van der Waals surface area contributed by atoms with Gasteiger partial charge in [-0.3, -0.25) is 4.79 Å². The Kier molecular flexibility index (Phi) is 5.33. The van der Waals surface area contributed by atoms with Gasteiger partial charge in [-0.05, 0) is 37.1 Å². The minimum Gasteiger partial charge on any atom is -0.268 e. The molecule has 1 aliphatic carbocycles. The minimum atomic E-state index is -4.70. The van der Waals surface area contributed by atoms with E-state index in [-0.39, 0.29) is 18.1 Å². The summed E-state index contributed by atoms with van der Waals surface area (Å²) in [4.78, 5) is 11.2. The van der Waals surface area contributed by atoms with Crippen molar-refractivity contribution >= 4 is 21.6 Å². The van der Waals surface area contributed by atoms with E-state index < -0.39 is 32.2 Å². The third-order valence-corrected chi connectivity index (χ3v) is 5.99. The number of rotatable bonds is 6. The summed E-state index contributed by atoms with van der Waals surface area (Å²) in [7, 11) is -4.30. The van der Waals surface area contributed by atoms with Crippen LogP contribution in [0.15, 0.2) is 40.0 Å². The molecule has 27 heavy (non-hydrogen) atoms. The Labute approximate surface area is 158 Å². The van der Waals surface area contributed by atoms with Crippen molar-refractivity contribution in [3.05, 3.63) is 57.0 Å². The molecule has 1 aliphatic rings. The van der Waals surface area contributed by atoms with E-state index in [1.54, 1.807) is 6.07 Å². The third kappa shape index (κ3) is 4.69. The summed E-state index contributed by atoms with van der Waals surface area (Å²) in [6, 6.07) is 5.06. The first-order valence-electron chi connectivity index (χ1n) is 8.02. The highest BCUT2D eigenvalue weighted by Gasteiger charge is 2.32. The van der Waals surface area contributed by atoms with Crippen LogP contribution in [0, 0.1) is 0 Å². The van der Waals surface area contributed by atoms with Crippen molar-refractivity contribution in [3.63, 3.8) is 0 Å². The summed E-state index contributed by atoms with van der Waals surface area (Å²) in [6.07, 6.45) is -2.72. The van der Waals surface area contributed by atoms with E-state index in [0.29, 0.717) is 18.1 Å². The quantitative estimate of drug-likeness (QED) is 0.777. The van der Waals surface area contributed by atoms with Crippen LogP contribution in [0.3, 0.4) is 0 Å². The summed E-state index contributed by atoms with van der Waals surface area (Å²) in [5, 5.41) is 3.85. The summed E-state index contributed by atoms with van der Waals surface area (Å²) in [6.45, 7) is -0.287. The maximum atomic E-state index is 12.8. The highest BCUT2D eigenvalue weighted by atomic mass is 35.5. The first-order chi connectivity index (χ1) is 12.6. The van der Waals surface area contributed by atoms with Gasteiger partial charge in [0, 0.05) is 18.5 Å². The maximum absolute atomic E-state index is 12.8. The second kappa shape index (κ2) is 7.25. The van der Waals surface area contributed by atoms with Gasteiger partial charge in [0.2, 0.25) is 10.0 Å². The van der Waals surface area contributed by atoms with Gasteiger partial charge in [-0.2, -0.15) is 18.3 Å². The van der Waals surface area contributed by atoms with Gasteiger partial charge in [0.15, 0.2) is 0 Å². The van der Waals surface area contributed by atoms with Crippen LogP contribution in [0.25, 0.3) is 0 Å². The molecule has 0 aliphatic heterocycles. The number of aromatic nitrogens is 2. The third-order valence-electron chi connectivity index (χ3n) is 4.05. The highest BCUT2D eigenvalue weighted by molar-refractivity contribution is 7.89. The van der Waals surface area contributed by atoms with Gasteiger partial charge in [0.1, 0.15) is 4.90 Å². The molecule has 0 saturated heterocycles. The first-order valence-corrected chi connectivity index (χ1v) is 9.88. The van der Waals surface area contributed by atoms with E-state index >= 15 is 0 Å². The smallest absolute Gasteiger partial charge is 0.268 e. The van der Waals surface area contributed by atoms with Gasteiger partial charge in [-0.1, -0.05) is 11.6 Å². The van der Waals surface area contributed by atoms with Crippen molar-refractivity contribution in [3.8, 4) is 0 Å². The van der Waals surface area contributed by atoms with E-state index in [1.807, 2.05) is 0 Å². The topological polar surface area (TPSA) is 81.1 Å². The Morgan fingerprint density at radius 3 is 2.56 bits per heavy atom. The van der Waals surface area contributed by atoms with Gasteiger partial charge in [0.25, 0.3) is 5.56 Å². The van der Waals surface area contributed by atoms with E-state index in [4.69, 9.17) is 11.6 Å². The Morgan fingerprint density at radius 1 is 1.22 bits per heavy atom. The Morgan fingerprint density at radius 2 is 1.93 bits per heavy atom. The van der Waals surface area contributed by atoms with Crippen LogP contribution in [0.5, 0.6) is 0 Å². The summed E-state index contributed by atoms with van der Waals surface area (Å²) in [5.41, 5.74) is -0.753. The lowest BCUT2D eigenvalue weighted by molar-refractivity contribution is -0.137. The number of hydrogen-bond acceptors (Lipinski definition) is 4. The number of hydrogen-bond donors (Lipinski definition) is 1. The first kappa shape index (κ1) is 19.8. The fourth-order valence-corrected chi connectivity index (χ4v) is 4.02. The highest BCUT2D eigenvalue weighted by Crippen LogP contribution is 2.38. The standard InChI is InChI=1S/C16H15ClF3N3O3S/c17-12-4-3-11(16(18,19)20)9-14(12)27(25,26)21-7-8-23-15(24)6-5-13(22-23)10-1-2-10/h3-6,9-10,21H,1-2,7-8H2. The van der Waals surface area contributed by atoms with Crippen molar-refractivity contribution in [1.29, 1.82) is 0 Å². The van der Waals surface area contributed by atoms with Crippen molar-refractivity contribution in [1.82, 2.24) is 14.5 Å². The summed E-state index contributed by atoms with van der Waals surface area (Å²) in [5.74, 6) is 0.317. The van der Waals surface area contributed by atoms with Crippen LogP contribution in [0.4, 0.5) is 13.2 Å². The number of nitrogens with one attached hydrogen (secondary N) is 1. The van der Waals surface area contributed by atoms with Gasteiger partial charge in [0.05, 0.1) is 22.8 Å². The van der Waals surface area contributed by atoms with Gasteiger partial charge >= 0.3 is 6.18 Å². The van der Waals surface area contributed by atoms with E-state index in [1.165, 1.54) is 6.07 Å². The molecule has 0 bridgehead atoms. The van der Waals surface area contributed by atoms with E-state index in [2.05, 4.69) is 9.82 Å². The molecule has 1 aromatic heterocycles. The molecule has 11 heteroatoms. The Hall–Kier alpha value is -1.91. The molecule has 1 fully saturated rings. The number of benzene rings is 1. The average Bonchev–Trinajstić information content (AvgIpc) is 3.40. The summed E-state index contributed by atoms with van der Waals surface area (Å²) >= 11 is 5.76. The molecular weight excluding hydrogens is 407 g/mol.